The van der Waals surface area contributed by atoms with Crippen LogP contribution in [-0.4, -0.2) is 44.5 Å². The van der Waals surface area contributed by atoms with Crippen molar-refractivity contribution in [1.29, 1.82) is 0 Å². The number of carbonyl (C=O) groups excluding carboxylic acids is 1. The lowest BCUT2D eigenvalue weighted by atomic mass is 9.98. The number of fused-ring (bicyclic) bond motifs is 1. The molecule has 0 N–H and O–H groups in total. The Morgan fingerprint density at radius 2 is 2.11 bits per heavy atom. The number of carbonyl (C=O) groups is 1. The molecule has 1 aromatic heterocycles. The maximum Gasteiger partial charge on any atom is 0.398 e. The molecule has 146 valence electrons. The van der Waals surface area contributed by atoms with Gasteiger partial charge in [-0.2, -0.15) is 23.4 Å². The van der Waals surface area contributed by atoms with Gasteiger partial charge < -0.3 is 9.47 Å². The third kappa shape index (κ3) is 4.28. The predicted octanol–water partition coefficient (Wildman–Crippen LogP) is 3.03. The largest absolute Gasteiger partial charge is 0.398 e. The molecule has 1 atom stereocenters. The van der Waals surface area contributed by atoms with E-state index in [4.69, 9.17) is 6.42 Å². The van der Waals surface area contributed by atoms with Gasteiger partial charge in [-0.3, -0.25) is 4.79 Å². The Labute approximate surface area is 155 Å². The van der Waals surface area contributed by atoms with Crippen molar-refractivity contribution in [2.24, 2.45) is 10.2 Å². The van der Waals surface area contributed by atoms with Crippen molar-refractivity contribution < 1.29 is 18.0 Å². The molecule has 0 saturated carbocycles. The van der Waals surface area contributed by atoms with Gasteiger partial charge in [0.2, 0.25) is 5.91 Å². The van der Waals surface area contributed by atoms with E-state index in [9.17, 15) is 18.0 Å². The second kappa shape index (κ2) is 7.29. The molecule has 27 heavy (non-hydrogen) atoms. The summed E-state index contributed by atoms with van der Waals surface area (Å²) < 4.78 is 40.9. The lowest BCUT2D eigenvalue weighted by molar-refractivity contribution is -0.156. The van der Waals surface area contributed by atoms with Gasteiger partial charge in [-0.1, -0.05) is 0 Å². The summed E-state index contributed by atoms with van der Waals surface area (Å²) in [6.07, 6.45) is 3.20. The number of hydrogen-bond acceptors (Lipinski definition) is 5. The maximum atomic E-state index is 13.2. The molecule has 2 aliphatic heterocycles. The van der Waals surface area contributed by atoms with Crippen molar-refractivity contribution in [3.63, 3.8) is 0 Å². The Balaban J connectivity index is 1.59. The smallest absolute Gasteiger partial charge is 0.338 e. The fourth-order valence-electron chi connectivity index (χ4n) is 3.33. The Morgan fingerprint density at radius 3 is 2.74 bits per heavy atom. The van der Waals surface area contributed by atoms with Gasteiger partial charge >= 0.3 is 6.18 Å². The van der Waals surface area contributed by atoms with Gasteiger partial charge in [0.05, 0.1) is 6.54 Å². The Bertz CT molecular complexity index is 773. The fourth-order valence-corrected chi connectivity index (χ4v) is 3.33. The second-order valence-corrected chi connectivity index (χ2v) is 7.00. The van der Waals surface area contributed by atoms with E-state index >= 15 is 0 Å². The number of alkyl halides is 3. The molecule has 0 aromatic carbocycles. The highest BCUT2D eigenvalue weighted by atomic mass is 19.4. The van der Waals surface area contributed by atoms with Crippen molar-refractivity contribution >= 4 is 5.91 Å². The molecular weight excluding hydrogens is 361 g/mol. The van der Waals surface area contributed by atoms with Gasteiger partial charge in [-0.25, -0.2) is 0 Å². The highest BCUT2D eigenvalue weighted by Crippen LogP contribution is 2.40. The van der Waals surface area contributed by atoms with Crippen LogP contribution in [0.4, 0.5) is 13.2 Å². The monoisotopic (exact) mass is 382 g/mol. The molecule has 1 unspecified atom stereocenters. The minimum atomic E-state index is -4.34. The summed E-state index contributed by atoms with van der Waals surface area (Å²) in [5.41, 5.74) is -0.531. The van der Waals surface area contributed by atoms with Gasteiger partial charge in [-0.05, 0) is 12.8 Å². The van der Waals surface area contributed by atoms with Crippen LogP contribution in [0.5, 0.6) is 0 Å². The van der Waals surface area contributed by atoms with Gasteiger partial charge in [0, 0.05) is 39.3 Å². The lowest BCUT2D eigenvalue weighted by Crippen LogP contribution is -2.31. The summed E-state index contributed by atoms with van der Waals surface area (Å²) in [6.45, 7) is 0.543. The first-order valence-electron chi connectivity index (χ1n) is 8.86. The molecule has 3 rings (SSSR count). The molecule has 10 heteroatoms. The SMILES string of the molecule is C#CCCC1(CCC(=O)N(C)Cc2nnc3n2CCCC3C(F)(F)F)N=N1. The summed E-state index contributed by atoms with van der Waals surface area (Å²) >= 11 is 0. The molecule has 0 saturated heterocycles. The molecular formula is C17H21F3N6O. The van der Waals surface area contributed by atoms with Crippen LogP contribution in [0.3, 0.4) is 0 Å². The van der Waals surface area contributed by atoms with Crippen LogP contribution >= 0.6 is 0 Å². The van der Waals surface area contributed by atoms with Crippen LogP contribution in [0.15, 0.2) is 10.2 Å². The van der Waals surface area contributed by atoms with Gasteiger partial charge in [-0.15, -0.1) is 22.5 Å². The highest BCUT2D eigenvalue weighted by molar-refractivity contribution is 5.75. The Kier molecular flexibility index (Phi) is 5.22. The average Bonchev–Trinajstić information content (AvgIpc) is 3.29. The molecule has 0 aliphatic carbocycles. The average molecular weight is 382 g/mol. The third-order valence-electron chi connectivity index (χ3n) is 5.03. The molecule has 0 bridgehead atoms. The van der Waals surface area contributed by atoms with Crippen molar-refractivity contribution in [3.05, 3.63) is 11.6 Å². The minimum Gasteiger partial charge on any atom is -0.338 e. The second-order valence-electron chi connectivity index (χ2n) is 7.00. The number of amides is 1. The zero-order chi connectivity index (χ0) is 19.7. The number of nitrogens with zero attached hydrogens (tertiary/aromatic N) is 6. The zero-order valence-electron chi connectivity index (χ0n) is 15.0. The molecule has 2 aliphatic rings. The zero-order valence-corrected chi connectivity index (χ0v) is 15.0. The number of aromatic nitrogens is 3. The maximum absolute atomic E-state index is 13.2. The normalized spacial score (nSPS) is 20.0. The van der Waals surface area contributed by atoms with Crippen LogP contribution in [0, 0.1) is 12.3 Å². The quantitative estimate of drug-likeness (QED) is 0.680. The van der Waals surface area contributed by atoms with Crippen molar-refractivity contribution in [3.8, 4) is 12.3 Å². The van der Waals surface area contributed by atoms with Crippen molar-refractivity contribution in [1.82, 2.24) is 19.7 Å². The van der Waals surface area contributed by atoms with E-state index < -0.39 is 17.8 Å². The summed E-state index contributed by atoms with van der Waals surface area (Å²) in [5, 5.41) is 15.6. The number of terminal acetylenes is 1. The van der Waals surface area contributed by atoms with Crippen molar-refractivity contribution in [2.45, 2.75) is 69.4 Å². The van der Waals surface area contributed by atoms with Crippen LogP contribution in [-0.2, 0) is 17.9 Å². The van der Waals surface area contributed by atoms with E-state index in [1.807, 2.05) is 0 Å². The number of hydrogen-bond donors (Lipinski definition) is 0. The first-order valence-corrected chi connectivity index (χ1v) is 8.86. The van der Waals surface area contributed by atoms with E-state index in [-0.39, 0.29) is 31.1 Å². The van der Waals surface area contributed by atoms with Crippen LogP contribution in [0.2, 0.25) is 0 Å². The van der Waals surface area contributed by atoms with E-state index in [0.29, 0.717) is 38.1 Å². The van der Waals surface area contributed by atoms with Crippen LogP contribution in [0.25, 0.3) is 0 Å². The molecule has 1 aromatic rings. The molecule has 0 fully saturated rings. The van der Waals surface area contributed by atoms with E-state index in [1.165, 1.54) is 9.47 Å². The summed E-state index contributed by atoms with van der Waals surface area (Å²) in [5.74, 6) is 1.10. The highest BCUT2D eigenvalue weighted by Gasteiger charge is 2.45. The summed E-state index contributed by atoms with van der Waals surface area (Å²) in [6, 6.07) is 0. The number of halogens is 3. The Hall–Kier alpha value is -2.44. The molecule has 1 amide bonds. The number of rotatable bonds is 7. The molecule has 3 heterocycles. The summed E-state index contributed by atoms with van der Waals surface area (Å²) in [4.78, 5) is 13.8. The van der Waals surface area contributed by atoms with Gasteiger partial charge in [0.25, 0.3) is 0 Å². The molecule has 7 nitrogen and oxygen atoms in total. The van der Waals surface area contributed by atoms with Crippen LogP contribution in [0.1, 0.15) is 56.1 Å². The first kappa shape index (κ1) is 19.3. The lowest BCUT2D eigenvalue weighted by Gasteiger charge is -2.26. The van der Waals surface area contributed by atoms with E-state index in [1.54, 1.807) is 7.05 Å². The molecule has 0 spiro atoms. The van der Waals surface area contributed by atoms with E-state index in [2.05, 4.69) is 26.3 Å². The van der Waals surface area contributed by atoms with Gasteiger partial charge in [0.1, 0.15) is 11.7 Å². The first-order chi connectivity index (χ1) is 12.8. The minimum absolute atomic E-state index is 0.0170. The fraction of sp³-hybridized carbons (Fsp3) is 0.706. The van der Waals surface area contributed by atoms with Gasteiger partial charge in [0.15, 0.2) is 11.5 Å². The molecule has 0 radical (unpaired) electrons. The summed E-state index contributed by atoms with van der Waals surface area (Å²) in [7, 11) is 1.60. The third-order valence-corrected chi connectivity index (χ3v) is 5.03. The van der Waals surface area contributed by atoms with Crippen molar-refractivity contribution in [2.75, 3.05) is 7.05 Å². The Morgan fingerprint density at radius 1 is 1.37 bits per heavy atom. The van der Waals surface area contributed by atoms with Crippen LogP contribution < -0.4 is 0 Å². The standard InChI is InChI=1S/C17H21F3N6O/c1-3-4-8-16(23-24-16)9-7-14(27)25(2)11-13-21-22-15-12(17(18,19)20)6-5-10-26(13)15/h1,12H,4-11H2,2H3. The van der Waals surface area contributed by atoms with E-state index in [0.717, 1.165) is 0 Å². The predicted molar refractivity (Wildman–Crippen MR) is 89.4 cm³/mol. The topological polar surface area (TPSA) is 75.7 Å².